The maximum absolute atomic E-state index is 10.8. The Morgan fingerprint density at radius 3 is 2.35 bits per heavy atom. The predicted octanol–water partition coefficient (Wildman–Crippen LogP) is 1.58. The second-order valence-corrected chi connectivity index (χ2v) is 9.41. The van der Waals surface area contributed by atoms with Gasteiger partial charge < -0.3 is 0 Å². The van der Waals surface area contributed by atoms with Gasteiger partial charge in [0, 0.05) is 15.7 Å². The number of hydrogen-bond donors (Lipinski definition) is 0. The van der Waals surface area contributed by atoms with E-state index >= 15 is 0 Å². The predicted molar refractivity (Wildman–Crippen MR) is 86.7 cm³/mol. The molecular weight excluding hydrogens is 389 g/mol. The fraction of sp³-hybridized carbons (Fsp3) is 0.273. The summed E-state index contributed by atoms with van der Waals surface area (Å²) in [6.07, 6.45) is 3.49. The van der Waals surface area contributed by atoms with E-state index in [1.165, 1.54) is 4.68 Å². The van der Waals surface area contributed by atoms with Crippen LogP contribution >= 0.6 is 22.3 Å². The standard InChI is InChI=1S/C10H10ClN3O3S.CH3ClO2S/c1-18(15,16)17-7-9-6-14(13-12-9)10-4-2-3-8(11)5-10;1-5(2,3)4/h2-6H,7H2,1H3;1H3. The molecule has 12 heteroatoms. The first-order valence-corrected chi connectivity index (χ1v) is 10.8. The minimum Gasteiger partial charge on any atom is -0.264 e. The fourth-order valence-corrected chi connectivity index (χ4v) is 1.80. The summed E-state index contributed by atoms with van der Waals surface area (Å²) in [5, 5.41) is 8.25. The van der Waals surface area contributed by atoms with Gasteiger partial charge in [-0.05, 0) is 18.2 Å². The lowest BCUT2D eigenvalue weighted by Crippen LogP contribution is -2.02. The molecule has 0 fully saturated rings. The van der Waals surface area contributed by atoms with Crippen molar-refractivity contribution in [2.24, 2.45) is 0 Å². The van der Waals surface area contributed by atoms with E-state index in [4.69, 9.17) is 11.6 Å². The molecule has 0 saturated heterocycles. The fourth-order valence-electron chi connectivity index (χ4n) is 1.28. The van der Waals surface area contributed by atoms with Gasteiger partial charge in [0.2, 0.25) is 9.05 Å². The highest BCUT2D eigenvalue weighted by atomic mass is 35.7. The Bertz CT molecular complexity index is 857. The van der Waals surface area contributed by atoms with Crippen molar-refractivity contribution in [1.29, 1.82) is 0 Å². The van der Waals surface area contributed by atoms with E-state index in [2.05, 4.69) is 25.2 Å². The summed E-state index contributed by atoms with van der Waals surface area (Å²) in [5.41, 5.74) is 1.15. The molecule has 0 N–H and O–H groups in total. The van der Waals surface area contributed by atoms with E-state index in [0.29, 0.717) is 10.7 Å². The normalized spacial score (nSPS) is 11.7. The third-order valence-electron chi connectivity index (χ3n) is 2.03. The van der Waals surface area contributed by atoms with Crippen molar-refractivity contribution in [2.45, 2.75) is 6.61 Å². The van der Waals surface area contributed by atoms with Crippen LogP contribution < -0.4 is 0 Å². The highest BCUT2D eigenvalue weighted by molar-refractivity contribution is 8.13. The van der Waals surface area contributed by atoms with Crippen molar-refractivity contribution in [3.63, 3.8) is 0 Å². The lowest BCUT2D eigenvalue weighted by molar-refractivity contribution is 0.307. The van der Waals surface area contributed by atoms with Gasteiger partial charge in [0.1, 0.15) is 12.3 Å². The Morgan fingerprint density at radius 2 is 1.83 bits per heavy atom. The molecule has 0 aliphatic carbocycles. The van der Waals surface area contributed by atoms with Crippen LogP contribution in [0.2, 0.25) is 5.02 Å². The molecule has 0 amide bonds. The first-order chi connectivity index (χ1) is 10.4. The molecule has 128 valence electrons. The van der Waals surface area contributed by atoms with Crippen LogP contribution in [0.15, 0.2) is 30.5 Å². The van der Waals surface area contributed by atoms with Gasteiger partial charge in [0.15, 0.2) is 0 Å². The van der Waals surface area contributed by atoms with Crippen LogP contribution in [0.4, 0.5) is 0 Å². The zero-order valence-corrected chi connectivity index (χ0v) is 15.2. The molecule has 1 heterocycles. The van der Waals surface area contributed by atoms with E-state index in [1.54, 1.807) is 24.4 Å². The minimum atomic E-state index is -3.48. The second-order valence-electron chi connectivity index (χ2n) is 4.28. The third-order valence-corrected chi connectivity index (χ3v) is 2.82. The van der Waals surface area contributed by atoms with Gasteiger partial charge in [0.05, 0.1) is 24.4 Å². The Hall–Kier alpha value is -1.20. The topological polar surface area (TPSA) is 108 Å². The number of rotatable bonds is 4. The maximum atomic E-state index is 10.8. The molecule has 0 aliphatic rings. The SMILES string of the molecule is CS(=O)(=O)Cl.CS(=O)(=O)OCc1cn(-c2cccc(Cl)c2)nn1. The summed E-state index contributed by atoms with van der Waals surface area (Å²) in [5.74, 6) is 0. The van der Waals surface area contributed by atoms with Gasteiger partial charge in [-0.15, -0.1) is 5.10 Å². The summed E-state index contributed by atoms with van der Waals surface area (Å²) in [4.78, 5) is 0. The number of benzene rings is 1. The summed E-state index contributed by atoms with van der Waals surface area (Å²) < 4.78 is 46.6. The van der Waals surface area contributed by atoms with Crippen molar-refractivity contribution in [1.82, 2.24) is 15.0 Å². The highest BCUT2D eigenvalue weighted by Crippen LogP contribution is 2.14. The molecule has 8 nitrogen and oxygen atoms in total. The quantitative estimate of drug-likeness (QED) is 0.564. The highest BCUT2D eigenvalue weighted by Gasteiger charge is 2.07. The smallest absolute Gasteiger partial charge is 0.264 e. The molecule has 0 radical (unpaired) electrons. The average molecular weight is 402 g/mol. The van der Waals surface area contributed by atoms with E-state index in [-0.39, 0.29) is 6.61 Å². The van der Waals surface area contributed by atoms with E-state index in [1.807, 2.05) is 6.07 Å². The molecule has 0 unspecified atom stereocenters. The molecule has 0 aliphatic heterocycles. The van der Waals surface area contributed by atoms with Gasteiger partial charge in [-0.3, -0.25) is 4.18 Å². The van der Waals surface area contributed by atoms with Gasteiger partial charge >= 0.3 is 0 Å². The Labute approximate surface area is 143 Å². The van der Waals surface area contributed by atoms with Crippen LogP contribution in [0.25, 0.3) is 5.69 Å². The molecule has 0 spiro atoms. The third kappa shape index (κ3) is 9.51. The Balaban J connectivity index is 0.000000463. The summed E-state index contributed by atoms with van der Waals surface area (Å²) in [6, 6.07) is 7.06. The largest absolute Gasteiger partial charge is 0.264 e. The van der Waals surface area contributed by atoms with Crippen molar-refractivity contribution in [3.8, 4) is 5.69 Å². The molecule has 23 heavy (non-hydrogen) atoms. The van der Waals surface area contributed by atoms with E-state index < -0.39 is 19.2 Å². The number of halogens is 2. The van der Waals surface area contributed by atoms with Crippen LogP contribution in [-0.4, -0.2) is 44.3 Å². The molecule has 2 rings (SSSR count). The van der Waals surface area contributed by atoms with E-state index in [0.717, 1.165) is 18.2 Å². The van der Waals surface area contributed by atoms with Gasteiger partial charge in [-0.1, -0.05) is 22.9 Å². The Kier molecular flexibility index (Phi) is 6.96. The average Bonchev–Trinajstić information content (AvgIpc) is 2.82. The molecule has 1 aromatic carbocycles. The van der Waals surface area contributed by atoms with Crippen molar-refractivity contribution < 1.29 is 21.0 Å². The zero-order valence-electron chi connectivity index (χ0n) is 12.0. The maximum Gasteiger partial charge on any atom is 0.264 e. The van der Waals surface area contributed by atoms with Crippen molar-refractivity contribution in [2.75, 3.05) is 12.5 Å². The van der Waals surface area contributed by atoms with Gasteiger partial charge in [0.25, 0.3) is 10.1 Å². The second kappa shape index (κ2) is 8.06. The van der Waals surface area contributed by atoms with Crippen molar-refractivity contribution >= 4 is 41.5 Å². The lowest BCUT2D eigenvalue weighted by Gasteiger charge is -1.99. The number of nitrogens with zero attached hydrogens (tertiary/aromatic N) is 3. The zero-order chi connectivity index (χ0) is 17.7. The van der Waals surface area contributed by atoms with Crippen LogP contribution in [0.5, 0.6) is 0 Å². The molecule has 0 saturated carbocycles. The van der Waals surface area contributed by atoms with Crippen LogP contribution in [0.1, 0.15) is 5.69 Å². The van der Waals surface area contributed by atoms with Crippen LogP contribution in [0, 0.1) is 0 Å². The van der Waals surface area contributed by atoms with Crippen molar-refractivity contribution in [3.05, 3.63) is 41.2 Å². The molecule has 0 bridgehead atoms. The molecular formula is C11H13Cl2N3O5S2. The van der Waals surface area contributed by atoms with Gasteiger partial charge in [-0.25, -0.2) is 13.1 Å². The minimum absolute atomic E-state index is 0.139. The monoisotopic (exact) mass is 401 g/mol. The van der Waals surface area contributed by atoms with E-state index in [9.17, 15) is 16.8 Å². The molecule has 1 aromatic heterocycles. The lowest BCUT2D eigenvalue weighted by atomic mass is 10.3. The summed E-state index contributed by atoms with van der Waals surface area (Å²) in [7, 11) is -2.17. The number of aromatic nitrogens is 3. The first-order valence-electron chi connectivity index (χ1n) is 5.85. The van der Waals surface area contributed by atoms with Crippen LogP contribution in [0.3, 0.4) is 0 Å². The van der Waals surface area contributed by atoms with Gasteiger partial charge in [-0.2, -0.15) is 8.42 Å². The first kappa shape index (κ1) is 19.8. The molecule has 0 atom stereocenters. The molecule has 2 aromatic rings. The van der Waals surface area contributed by atoms with Crippen LogP contribution in [-0.2, 0) is 30.0 Å². The Morgan fingerprint density at radius 1 is 1.22 bits per heavy atom. The number of hydrogen-bond acceptors (Lipinski definition) is 7. The summed E-state index contributed by atoms with van der Waals surface area (Å²) in [6.45, 7) is -0.139. The summed E-state index contributed by atoms with van der Waals surface area (Å²) >= 11 is 5.86.